The number of hydrogen-bond acceptors (Lipinski definition) is 4. The van der Waals surface area contributed by atoms with Crippen LogP contribution in [-0.2, 0) is 0 Å². The Morgan fingerprint density at radius 1 is 1.23 bits per heavy atom. The molecule has 0 aliphatic heterocycles. The van der Waals surface area contributed by atoms with Gasteiger partial charge in [-0.05, 0) is 48.8 Å². The molecule has 0 aliphatic carbocycles. The van der Waals surface area contributed by atoms with Crippen molar-refractivity contribution in [1.82, 2.24) is 9.97 Å². The van der Waals surface area contributed by atoms with Crippen LogP contribution in [0.5, 0.6) is 0 Å². The highest BCUT2D eigenvalue weighted by Gasteiger charge is 2.14. The molecule has 1 amide bonds. The summed E-state index contributed by atoms with van der Waals surface area (Å²) in [7, 11) is 0. The predicted octanol–water partition coefficient (Wildman–Crippen LogP) is 3.65. The number of carbonyl (C=O) groups is 1. The van der Waals surface area contributed by atoms with Crippen LogP contribution in [-0.4, -0.2) is 29.0 Å². The van der Waals surface area contributed by atoms with Crippen LogP contribution in [0.1, 0.15) is 30.2 Å². The molecule has 0 unspecified atom stereocenters. The fraction of sp³-hybridized carbons (Fsp3) is 0.312. The number of hydrogen-bond donors (Lipinski definition) is 1. The van der Waals surface area contributed by atoms with Gasteiger partial charge in [-0.15, -0.1) is 0 Å². The summed E-state index contributed by atoms with van der Waals surface area (Å²) >= 11 is 3.42. The molecule has 0 bridgehead atoms. The van der Waals surface area contributed by atoms with Crippen molar-refractivity contribution >= 4 is 33.3 Å². The van der Waals surface area contributed by atoms with Gasteiger partial charge in [0, 0.05) is 23.6 Å². The fourth-order valence-electron chi connectivity index (χ4n) is 2.13. The maximum atomic E-state index is 12.4. The molecule has 2 aromatic rings. The minimum absolute atomic E-state index is 0.245. The summed E-state index contributed by atoms with van der Waals surface area (Å²) in [5.41, 5.74) is 1.08. The number of carbonyl (C=O) groups excluding carboxylic acids is 1. The van der Waals surface area contributed by atoms with E-state index in [-0.39, 0.29) is 5.91 Å². The highest BCUT2D eigenvalue weighted by Crippen LogP contribution is 2.22. The maximum absolute atomic E-state index is 12.4. The van der Waals surface area contributed by atoms with E-state index in [4.69, 9.17) is 0 Å². The lowest BCUT2D eigenvalue weighted by atomic mass is 10.3. The quantitative estimate of drug-likeness (QED) is 0.881. The van der Waals surface area contributed by atoms with Gasteiger partial charge in [0.05, 0.1) is 5.69 Å². The van der Waals surface area contributed by atoms with Crippen LogP contribution in [0.2, 0.25) is 0 Å². The van der Waals surface area contributed by atoms with Gasteiger partial charge in [0.25, 0.3) is 5.91 Å². The van der Waals surface area contributed by atoms with Gasteiger partial charge in [-0.2, -0.15) is 0 Å². The summed E-state index contributed by atoms with van der Waals surface area (Å²) in [5.74, 6) is 1.11. The molecule has 1 aromatic carbocycles. The van der Waals surface area contributed by atoms with Crippen molar-refractivity contribution in [2.75, 3.05) is 23.3 Å². The van der Waals surface area contributed by atoms with Gasteiger partial charge >= 0.3 is 0 Å². The van der Waals surface area contributed by atoms with Crippen LogP contribution in [0.3, 0.4) is 0 Å². The van der Waals surface area contributed by atoms with Crippen LogP contribution in [0.4, 0.5) is 11.5 Å². The van der Waals surface area contributed by atoms with Gasteiger partial charge in [-0.1, -0.05) is 12.1 Å². The molecular weight excluding hydrogens is 344 g/mol. The molecule has 1 aromatic heterocycles. The van der Waals surface area contributed by atoms with Crippen LogP contribution in [0, 0.1) is 6.92 Å². The van der Waals surface area contributed by atoms with Crippen LogP contribution in [0.25, 0.3) is 0 Å². The fourth-order valence-corrected chi connectivity index (χ4v) is 2.51. The average molecular weight is 363 g/mol. The lowest BCUT2D eigenvalue weighted by Crippen LogP contribution is -2.24. The van der Waals surface area contributed by atoms with Crippen LogP contribution >= 0.6 is 15.9 Å². The first kappa shape index (κ1) is 16.4. The van der Waals surface area contributed by atoms with Gasteiger partial charge in [0.2, 0.25) is 0 Å². The number of para-hydroxylation sites is 1. The molecule has 0 saturated heterocycles. The van der Waals surface area contributed by atoms with E-state index in [1.54, 1.807) is 13.0 Å². The summed E-state index contributed by atoms with van der Waals surface area (Å²) < 4.78 is 0.832. The van der Waals surface area contributed by atoms with Crippen molar-refractivity contribution in [2.24, 2.45) is 0 Å². The van der Waals surface area contributed by atoms with Gasteiger partial charge in [0.1, 0.15) is 17.3 Å². The Balaban J connectivity index is 2.28. The summed E-state index contributed by atoms with van der Waals surface area (Å²) in [6, 6.07) is 9.20. The van der Waals surface area contributed by atoms with E-state index in [0.717, 1.165) is 23.4 Å². The zero-order valence-corrected chi connectivity index (χ0v) is 14.5. The Bertz CT molecular complexity index is 671. The molecular formula is C16H19BrN4O. The second-order valence-electron chi connectivity index (χ2n) is 4.76. The summed E-state index contributed by atoms with van der Waals surface area (Å²) in [5, 5.41) is 2.86. The Morgan fingerprint density at radius 3 is 2.55 bits per heavy atom. The Labute approximate surface area is 138 Å². The number of nitrogens with one attached hydrogen (secondary N) is 1. The Kier molecular flexibility index (Phi) is 5.49. The second-order valence-corrected chi connectivity index (χ2v) is 5.62. The van der Waals surface area contributed by atoms with Crippen molar-refractivity contribution in [1.29, 1.82) is 0 Å². The summed E-state index contributed by atoms with van der Waals surface area (Å²) in [6.45, 7) is 7.57. The molecule has 5 nitrogen and oxygen atoms in total. The van der Waals surface area contributed by atoms with Crippen molar-refractivity contribution in [3.8, 4) is 0 Å². The molecule has 0 aliphatic rings. The monoisotopic (exact) mass is 362 g/mol. The van der Waals surface area contributed by atoms with Gasteiger partial charge < -0.3 is 10.2 Å². The number of aromatic nitrogens is 2. The average Bonchev–Trinajstić information content (AvgIpc) is 2.50. The second kappa shape index (κ2) is 7.35. The minimum Gasteiger partial charge on any atom is -0.357 e. The Morgan fingerprint density at radius 2 is 1.91 bits per heavy atom. The highest BCUT2D eigenvalue weighted by molar-refractivity contribution is 9.10. The standard InChI is InChI=1S/C16H19BrN4O/c1-4-21(5-2)15-10-14(18-11(3)19-15)16(22)20-13-9-7-6-8-12(13)17/h6-10H,4-5H2,1-3H3,(H,20,22). The van der Waals surface area contributed by atoms with Crippen molar-refractivity contribution in [3.05, 3.63) is 46.3 Å². The molecule has 1 N–H and O–H groups in total. The number of nitrogens with zero attached hydrogens (tertiary/aromatic N) is 3. The van der Waals surface area contributed by atoms with Crippen molar-refractivity contribution in [3.63, 3.8) is 0 Å². The van der Waals surface area contributed by atoms with Crippen LogP contribution in [0.15, 0.2) is 34.8 Å². The first-order valence-corrected chi connectivity index (χ1v) is 8.01. The van der Waals surface area contributed by atoms with E-state index >= 15 is 0 Å². The Hall–Kier alpha value is -1.95. The predicted molar refractivity (Wildman–Crippen MR) is 92.4 cm³/mol. The molecule has 6 heteroatoms. The van der Waals surface area contributed by atoms with Crippen LogP contribution < -0.4 is 10.2 Å². The molecule has 0 atom stereocenters. The van der Waals surface area contributed by atoms with Crippen molar-refractivity contribution < 1.29 is 4.79 Å². The third-order valence-electron chi connectivity index (χ3n) is 3.27. The van der Waals surface area contributed by atoms with E-state index < -0.39 is 0 Å². The van der Waals surface area contributed by atoms with Gasteiger partial charge in [0.15, 0.2) is 0 Å². The lowest BCUT2D eigenvalue weighted by Gasteiger charge is -2.20. The third-order valence-corrected chi connectivity index (χ3v) is 3.96. The van der Waals surface area contributed by atoms with Gasteiger partial charge in [-0.3, -0.25) is 4.79 Å². The van der Waals surface area contributed by atoms with E-state index in [2.05, 4.69) is 50.0 Å². The van der Waals surface area contributed by atoms with Crippen molar-refractivity contribution in [2.45, 2.75) is 20.8 Å². The molecule has 2 rings (SSSR count). The number of rotatable bonds is 5. The zero-order chi connectivity index (χ0) is 16.1. The topological polar surface area (TPSA) is 58.1 Å². The highest BCUT2D eigenvalue weighted by atomic mass is 79.9. The normalized spacial score (nSPS) is 10.4. The molecule has 1 heterocycles. The largest absolute Gasteiger partial charge is 0.357 e. The first-order chi connectivity index (χ1) is 10.5. The molecule has 116 valence electrons. The number of aryl methyl sites for hydroxylation is 1. The minimum atomic E-state index is -0.245. The molecule has 0 spiro atoms. The third kappa shape index (κ3) is 3.82. The van der Waals surface area contributed by atoms with E-state index in [0.29, 0.717) is 17.2 Å². The number of halogens is 1. The smallest absolute Gasteiger partial charge is 0.274 e. The van der Waals surface area contributed by atoms with E-state index in [1.165, 1.54) is 0 Å². The SMILES string of the molecule is CCN(CC)c1cc(C(=O)Nc2ccccc2Br)nc(C)n1. The summed E-state index contributed by atoms with van der Waals surface area (Å²) in [6.07, 6.45) is 0. The van der Waals surface area contributed by atoms with E-state index in [1.807, 2.05) is 24.3 Å². The summed E-state index contributed by atoms with van der Waals surface area (Å²) in [4.78, 5) is 23.2. The zero-order valence-electron chi connectivity index (χ0n) is 12.9. The molecule has 0 radical (unpaired) electrons. The maximum Gasteiger partial charge on any atom is 0.274 e. The number of amides is 1. The first-order valence-electron chi connectivity index (χ1n) is 7.21. The van der Waals surface area contributed by atoms with E-state index in [9.17, 15) is 4.79 Å². The lowest BCUT2D eigenvalue weighted by molar-refractivity contribution is 0.102. The molecule has 22 heavy (non-hydrogen) atoms. The molecule has 0 saturated carbocycles. The number of benzene rings is 1. The number of anilines is 2. The van der Waals surface area contributed by atoms with Gasteiger partial charge in [-0.25, -0.2) is 9.97 Å². The molecule has 0 fully saturated rings.